The molecule has 0 amide bonds. The molecule has 3 aromatic carbocycles. The van der Waals surface area contributed by atoms with Gasteiger partial charge in [-0.15, -0.1) is 0 Å². The molecule has 0 aliphatic rings. The topological polar surface area (TPSA) is 20.2 Å². The van der Waals surface area contributed by atoms with E-state index < -0.39 is 7.26 Å². The van der Waals surface area contributed by atoms with Gasteiger partial charge in [0.2, 0.25) is 0 Å². The van der Waals surface area contributed by atoms with Gasteiger partial charge in [0.25, 0.3) is 0 Å². The predicted molar refractivity (Wildman–Crippen MR) is 98.7 cm³/mol. The fourth-order valence-corrected chi connectivity index (χ4v) is 7.93. The Hall–Kier alpha value is -2.11. The summed E-state index contributed by atoms with van der Waals surface area (Å²) in [5, 5.41) is 14.3. The molecule has 0 atom stereocenters. The second kappa shape index (κ2) is 6.34. The molecule has 22 heavy (non-hydrogen) atoms. The number of aromatic hydroxyl groups is 1. The minimum absolute atomic E-state index is 0.406. The first kappa shape index (κ1) is 14.8. The molecular formula is C20H21OP. The van der Waals surface area contributed by atoms with E-state index in [0.29, 0.717) is 5.75 Å². The quantitative estimate of drug-likeness (QED) is 0.732. The predicted octanol–water partition coefficient (Wildman–Crippen LogP) is 3.44. The Balaban J connectivity index is 2.34. The fourth-order valence-electron chi connectivity index (χ4n) is 3.36. The number of phenolic OH excluding ortho intramolecular Hbond substituents is 1. The third-order valence-electron chi connectivity index (χ3n) is 4.43. The summed E-state index contributed by atoms with van der Waals surface area (Å²) >= 11 is 0. The molecule has 0 fully saturated rings. The maximum absolute atomic E-state index is 10.5. The molecule has 3 rings (SSSR count). The summed E-state index contributed by atoms with van der Waals surface area (Å²) in [7, 11) is -2.19. The third kappa shape index (κ3) is 2.42. The Labute approximate surface area is 132 Å². The Morgan fingerprint density at radius 1 is 0.682 bits per heavy atom. The van der Waals surface area contributed by atoms with Gasteiger partial charge in [-0.25, -0.2) is 0 Å². The second-order valence-corrected chi connectivity index (χ2v) is 9.72. The van der Waals surface area contributed by atoms with Gasteiger partial charge in [-0.3, -0.25) is 0 Å². The normalized spacial score (nSPS) is 12.0. The summed E-state index contributed by atoms with van der Waals surface area (Å²) < 4.78 is 0. The molecule has 0 spiro atoms. The first-order valence-corrected chi connectivity index (χ1v) is 9.89. The molecule has 2 heteroatoms. The Morgan fingerprint density at radius 2 is 1.14 bits per heavy atom. The number of phenols is 1. The molecule has 112 valence electrons. The van der Waals surface area contributed by atoms with Gasteiger partial charge in [-0.05, 0) is 0 Å². The van der Waals surface area contributed by atoms with Gasteiger partial charge in [-0.2, -0.15) is 0 Å². The fraction of sp³-hybridized carbons (Fsp3) is 0.100. The first-order valence-electron chi connectivity index (χ1n) is 7.68. The van der Waals surface area contributed by atoms with Crippen LogP contribution in [0.15, 0.2) is 84.9 Å². The van der Waals surface area contributed by atoms with Crippen LogP contribution in [0, 0.1) is 0 Å². The summed E-state index contributed by atoms with van der Waals surface area (Å²) in [4.78, 5) is 0. The zero-order chi connectivity index (χ0) is 15.4. The standard InChI is InChI=1S/C20H21OP/c1-2-22(17-11-5-3-6-12-17,18-13-7-4-8-14-18)20-16-10-9-15-19(20)21/h3-16,21-22H,2H2,1H3. The molecule has 0 aliphatic heterocycles. The summed E-state index contributed by atoms with van der Waals surface area (Å²) in [5.41, 5.74) is 0. The zero-order valence-corrected chi connectivity index (χ0v) is 13.7. The first-order chi connectivity index (χ1) is 10.8. The number of hydrogen-bond donors (Lipinski definition) is 1. The zero-order valence-electron chi connectivity index (χ0n) is 12.7. The van der Waals surface area contributed by atoms with Gasteiger partial charge in [0, 0.05) is 0 Å². The van der Waals surface area contributed by atoms with Gasteiger partial charge in [0.15, 0.2) is 0 Å². The molecule has 0 heterocycles. The molecule has 0 saturated heterocycles. The monoisotopic (exact) mass is 308 g/mol. The molecule has 0 aromatic heterocycles. The van der Waals surface area contributed by atoms with Crippen molar-refractivity contribution in [1.29, 1.82) is 0 Å². The van der Waals surface area contributed by atoms with Crippen LogP contribution in [0.4, 0.5) is 0 Å². The van der Waals surface area contributed by atoms with E-state index in [1.807, 2.05) is 24.3 Å². The van der Waals surface area contributed by atoms with Crippen LogP contribution in [0.25, 0.3) is 0 Å². The van der Waals surface area contributed by atoms with Crippen LogP contribution in [0.5, 0.6) is 5.75 Å². The molecule has 0 bridgehead atoms. The van der Waals surface area contributed by atoms with Crippen LogP contribution in [0.1, 0.15) is 6.92 Å². The minimum atomic E-state index is -2.19. The van der Waals surface area contributed by atoms with E-state index in [-0.39, 0.29) is 0 Å². The van der Waals surface area contributed by atoms with Crippen LogP contribution >= 0.6 is 7.26 Å². The summed E-state index contributed by atoms with van der Waals surface area (Å²) in [5.74, 6) is 0.406. The average Bonchev–Trinajstić information content (AvgIpc) is 2.59. The number of rotatable bonds is 4. The van der Waals surface area contributed by atoms with Crippen LogP contribution in [0.2, 0.25) is 0 Å². The molecule has 3 aromatic rings. The second-order valence-electron chi connectivity index (χ2n) is 5.51. The number of hydrogen-bond acceptors (Lipinski definition) is 1. The average molecular weight is 308 g/mol. The van der Waals surface area contributed by atoms with E-state index in [1.54, 1.807) is 6.07 Å². The van der Waals surface area contributed by atoms with Crippen molar-refractivity contribution < 1.29 is 5.11 Å². The van der Waals surface area contributed by atoms with Crippen molar-refractivity contribution in [3.05, 3.63) is 84.9 Å². The van der Waals surface area contributed by atoms with Gasteiger partial charge in [0.05, 0.1) is 0 Å². The molecule has 0 saturated carbocycles. The van der Waals surface area contributed by atoms with E-state index >= 15 is 0 Å². The number of benzene rings is 3. The third-order valence-corrected chi connectivity index (χ3v) is 9.47. The van der Waals surface area contributed by atoms with E-state index in [0.717, 1.165) is 11.5 Å². The van der Waals surface area contributed by atoms with Crippen molar-refractivity contribution in [2.24, 2.45) is 0 Å². The summed E-state index contributed by atoms with van der Waals surface area (Å²) in [6.45, 7) is 2.23. The van der Waals surface area contributed by atoms with Crippen LogP contribution < -0.4 is 15.9 Å². The van der Waals surface area contributed by atoms with Gasteiger partial charge < -0.3 is 0 Å². The molecule has 0 radical (unpaired) electrons. The van der Waals surface area contributed by atoms with Crippen molar-refractivity contribution in [3.63, 3.8) is 0 Å². The molecular weight excluding hydrogens is 287 g/mol. The van der Waals surface area contributed by atoms with Gasteiger partial charge in [-0.1, -0.05) is 0 Å². The molecule has 1 N–H and O–H groups in total. The van der Waals surface area contributed by atoms with E-state index in [1.165, 1.54) is 10.6 Å². The summed E-state index contributed by atoms with van der Waals surface area (Å²) in [6, 6.07) is 29.1. The molecule has 0 unspecified atom stereocenters. The Bertz CT molecular complexity index is 698. The van der Waals surface area contributed by atoms with Crippen molar-refractivity contribution in [2.45, 2.75) is 6.92 Å². The van der Waals surface area contributed by atoms with Gasteiger partial charge in [0.1, 0.15) is 0 Å². The van der Waals surface area contributed by atoms with E-state index in [4.69, 9.17) is 0 Å². The van der Waals surface area contributed by atoms with Crippen LogP contribution in [-0.4, -0.2) is 11.3 Å². The number of para-hydroxylation sites is 1. The summed E-state index contributed by atoms with van der Waals surface area (Å²) in [6.07, 6.45) is 1.01. The van der Waals surface area contributed by atoms with Crippen molar-refractivity contribution in [1.82, 2.24) is 0 Å². The molecule has 1 nitrogen and oxygen atoms in total. The van der Waals surface area contributed by atoms with Crippen LogP contribution in [0.3, 0.4) is 0 Å². The van der Waals surface area contributed by atoms with E-state index in [9.17, 15) is 5.11 Å². The Kier molecular flexibility index (Phi) is 4.27. The SMILES string of the molecule is CC[PH](c1ccccc1)(c1ccccc1)c1ccccc1O. The molecule has 0 aliphatic carbocycles. The van der Waals surface area contributed by atoms with Gasteiger partial charge >= 0.3 is 132 Å². The van der Waals surface area contributed by atoms with E-state index in [2.05, 4.69) is 61.5 Å². The Morgan fingerprint density at radius 3 is 1.59 bits per heavy atom. The van der Waals surface area contributed by atoms with Crippen molar-refractivity contribution >= 4 is 23.2 Å². The van der Waals surface area contributed by atoms with Crippen LogP contribution in [-0.2, 0) is 0 Å². The maximum atomic E-state index is 10.5. The van der Waals surface area contributed by atoms with Crippen molar-refractivity contribution in [2.75, 3.05) is 6.16 Å². The van der Waals surface area contributed by atoms with Crippen molar-refractivity contribution in [3.8, 4) is 5.75 Å².